The Bertz CT molecular complexity index is 616. The summed E-state index contributed by atoms with van der Waals surface area (Å²) in [5.74, 6) is -0.343. The van der Waals surface area contributed by atoms with Crippen molar-refractivity contribution in [2.24, 2.45) is 5.73 Å². The molecule has 1 heterocycles. The number of hydrogen-bond acceptors (Lipinski definition) is 4. The van der Waals surface area contributed by atoms with Crippen molar-refractivity contribution in [2.75, 3.05) is 7.11 Å². The van der Waals surface area contributed by atoms with Gasteiger partial charge in [-0.2, -0.15) is 0 Å². The topological polar surface area (TPSA) is 78.1 Å². The fourth-order valence-corrected chi connectivity index (χ4v) is 1.93. The Hall–Kier alpha value is -1.88. The Morgan fingerprint density at radius 2 is 2.17 bits per heavy atom. The van der Waals surface area contributed by atoms with E-state index in [0.29, 0.717) is 27.4 Å². The summed E-state index contributed by atoms with van der Waals surface area (Å²) in [5, 5.41) is 1.00. The van der Waals surface area contributed by atoms with Crippen molar-refractivity contribution < 1.29 is 9.53 Å². The molecule has 94 valence electrons. The lowest BCUT2D eigenvalue weighted by Crippen LogP contribution is -2.19. The number of nitrogens with zero attached hydrogens (tertiary/aromatic N) is 2. The predicted octanol–water partition coefficient (Wildman–Crippen LogP) is 1.88. The van der Waals surface area contributed by atoms with Crippen LogP contribution in [0.1, 0.15) is 18.4 Å². The van der Waals surface area contributed by atoms with Crippen molar-refractivity contribution in [3.63, 3.8) is 0 Å². The summed E-state index contributed by atoms with van der Waals surface area (Å²) in [7, 11) is 1.53. The third-order valence-corrected chi connectivity index (χ3v) is 3.13. The minimum atomic E-state index is -0.472. The molecule has 5 nitrogen and oxygen atoms in total. The highest BCUT2D eigenvalue weighted by molar-refractivity contribution is 6.34. The van der Waals surface area contributed by atoms with Crippen LogP contribution < -0.4 is 10.5 Å². The standard InChI is InChI=1S/C12H12ClN3O2/c1-6(12(14)17)7-3-8-9(4-10(7)18-2)15-5-16-11(8)13/h3-6H,1-2H3,(H2,14,17). The van der Waals surface area contributed by atoms with Crippen LogP contribution in [0.15, 0.2) is 18.5 Å². The SMILES string of the molecule is COc1cc2ncnc(Cl)c2cc1C(C)C(N)=O. The van der Waals surface area contributed by atoms with Gasteiger partial charge in [-0.05, 0) is 13.0 Å². The number of fused-ring (bicyclic) bond motifs is 1. The zero-order valence-corrected chi connectivity index (χ0v) is 10.7. The summed E-state index contributed by atoms with van der Waals surface area (Å²) in [5.41, 5.74) is 6.65. The minimum Gasteiger partial charge on any atom is -0.496 e. The molecule has 0 fully saturated rings. The van der Waals surface area contributed by atoms with E-state index in [0.717, 1.165) is 0 Å². The van der Waals surface area contributed by atoms with Crippen molar-refractivity contribution >= 4 is 28.4 Å². The molecular formula is C12H12ClN3O2. The maximum absolute atomic E-state index is 11.3. The third kappa shape index (κ3) is 2.09. The van der Waals surface area contributed by atoms with E-state index >= 15 is 0 Å². The Kier molecular flexibility index (Phi) is 3.34. The highest BCUT2D eigenvalue weighted by atomic mass is 35.5. The summed E-state index contributed by atoms with van der Waals surface area (Å²) in [4.78, 5) is 19.3. The van der Waals surface area contributed by atoms with Crippen LogP contribution in [0.2, 0.25) is 5.15 Å². The zero-order valence-electron chi connectivity index (χ0n) is 9.98. The zero-order chi connectivity index (χ0) is 13.3. The highest BCUT2D eigenvalue weighted by Crippen LogP contribution is 2.32. The molecule has 2 rings (SSSR count). The molecule has 0 radical (unpaired) electrons. The molecule has 1 aromatic carbocycles. The minimum absolute atomic E-state index is 0.334. The summed E-state index contributed by atoms with van der Waals surface area (Å²) in [6.07, 6.45) is 1.38. The van der Waals surface area contributed by atoms with E-state index in [1.165, 1.54) is 13.4 Å². The summed E-state index contributed by atoms with van der Waals surface area (Å²) < 4.78 is 5.25. The van der Waals surface area contributed by atoms with Crippen LogP contribution in [-0.4, -0.2) is 23.0 Å². The predicted molar refractivity (Wildman–Crippen MR) is 68.7 cm³/mol. The second-order valence-electron chi connectivity index (χ2n) is 3.90. The van der Waals surface area contributed by atoms with E-state index in [2.05, 4.69) is 9.97 Å². The second-order valence-corrected chi connectivity index (χ2v) is 4.26. The first-order chi connectivity index (χ1) is 8.54. The molecule has 0 aliphatic rings. The maximum atomic E-state index is 11.3. The summed E-state index contributed by atoms with van der Waals surface area (Å²) in [6.45, 7) is 1.71. The smallest absolute Gasteiger partial charge is 0.224 e. The number of nitrogens with two attached hydrogens (primary N) is 1. The van der Waals surface area contributed by atoms with Crippen molar-refractivity contribution in [2.45, 2.75) is 12.8 Å². The van der Waals surface area contributed by atoms with Gasteiger partial charge in [0.2, 0.25) is 5.91 Å². The normalized spacial score (nSPS) is 12.4. The molecule has 0 aliphatic carbocycles. The van der Waals surface area contributed by atoms with Gasteiger partial charge in [0.1, 0.15) is 17.2 Å². The number of rotatable bonds is 3. The van der Waals surface area contributed by atoms with Gasteiger partial charge in [0, 0.05) is 17.0 Å². The van der Waals surface area contributed by atoms with Gasteiger partial charge in [-0.1, -0.05) is 11.6 Å². The molecule has 2 aromatic rings. The van der Waals surface area contributed by atoms with Crippen molar-refractivity contribution in [3.05, 3.63) is 29.2 Å². The first kappa shape index (κ1) is 12.6. The van der Waals surface area contributed by atoms with Gasteiger partial charge in [0.15, 0.2) is 0 Å². The van der Waals surface area contributed by atoms with E-state index < -0.39 is 11.8 Å². The number of hydrogen-bond donors (Lipinski definition) is 1. The molecule has 2 N–H and O–H groups in total. The van der Waals surface area contributed by atoms with Crippen LogP contribution in [0.25, 0.3) is 10.9 Å². The number of primary amides is 1. The Morgan fingerprint density at radius 3 is 2.78 bits per heavy atom. The lowest BCUT2D eigenvalue weighted by atomic mass is 9.98. The molecule has 6 heteroatoms. The molecule has 0 spiro atoms. The molecule has 1 unspecified atom stereocenters. The van der Waals surface area contributed by atoms with Gasteiger partial charge in [0.05, 0.1) is 18.5 Å². The molecule has 1 amide bonds. The summed E-state index contributed by atoms with van der Waals surface area (Å²) >= 11 is 6.00. The van der Waals surface area contributed by atoms with Gasteiger partial charge < -0.3 is 10.5 Å². The van der Waals surface area contributed by atoms with E-state index in [9.17, 15) is 4.79 Å². The second kappa shape index (κ2) is 4.78. The van der Waals surface area contributed by atoms with Gasteiger partial charge >= 0.3 is 0 Å². The number of carbonyl (C=O) groups is 1. The number of aromatic nitrogens is 2. The number of methoxy groups -OCH3 is 1. The monoisotopic (exact) mass is 265 g/mol. The summed E-state index contributed by atoms with van der Waals surface area (Å²) in [6, 6.07) is 3.46. The number of benzene rings is 1. The Labute approximate surface area is 109 Å². The Balaban J connectivity index is 2.71. The number of ether oxygens (including phenoxy) is 1. The average Bonchev–Trinajstić information content (AvgIpc) is 2.36. The van der Waals surface area contributed by atoms with E-state index in [-0.39, 0.29) is 0 Å². The lowest BCUT2D eigenvalue weighted by molar-refractivity contribution is -0.119. The maximum Gasteiger partial charge on any atom is 0.224 e. The average molecular weight is 266 g/mol. The van der Waals surface area contributed by atoms with Gasteiger partial charge in [-0.15, -0.1) is 0 Å². The molecule has 0 saturated heterocycles. The molecule has 0 bridgehead atoms. The van der Waals surface area contributed by atoms with E-state index in [1.807, 2.05) is 0 Å². The Morgan fingerprint density at radius 1 is 1.44 bits per heavy atom. The van der Waals surface area contributed by atoms with Crippen LogP contribution in [0.3, 0.4) is 0 Å². The van der Waals surface area contributed by atoms with Gasteiger partial charge in [-0.3, -0.25) is 4.79 Å². The quantitative estimate of drug-likeness (QED) is 0.860. The first-order valence-corrected chi connectivity index (χ1v) is 5.70. The highest BCUT2D eigenvalue weighted by Gasteiger charge is 2.18. The molecule has 0 aliphatic heterocycles. The molecular weight excluding hydrogens is 254 g/mol. The number of halogens is 1. The molecule has 0 saturated carbocycles. The largest absolute Gasteiger partial charge is 0.496 e. The number of carbonyl (C=O) groups excluding carboxylic acids is 1. The molecule has 1 aromatic heterocycles. The van der Waals surface area contributed by atoms with Crippen molar-refractivity contribution in [1.82, 2.24) is 9.97 Å². The van der Waals surface area contributed by atoms with Crippen LogP contribution >= 0.6 is 11.6 Å². The van der Waals surface area contributed by atoms with Crippen molar-refractivity contribution in [3.8, 4) is 5.75 Å². The van der Waals surface area contributed by atoms with Crippen LogP contribution in [0.4, 0.5) is 0 Å². The fraction of sp³-hybridized carbons (Fsp3) is 0.250. The van der Waals surface area contributed by atoms with Crippen LogP contribution in [0, 0.1) is 0 Å². The van der Waals surface area contributed by atoms with E-state index in [4.69, 9.17) is 22.1 Å². The molecule has 18 heavy (non-hydrogen) atoms. The van der Waals surface area contributed by atoms with Crippen molar-refractivity contribution in [1.29, 1.82) is 0 Å². The fourth-order valence-electron chi connectivity index (χ4n) is 1.74. The van der Waals surface area contributed by atoms with Crippen LogP contribution in [-0.2, 0) is 4.79 Å². The lowest BCUT2D eigenvalue weighted by Gasteiger charge is -2.14. The van der Waals surface area contributed by atoms with E-state index in [1.54, 1.807) is 19.1 Å². The third-order valence-electron chi connectivity index (χ3n) is 2.83. The molecule has 1 atom stereocenters. The number of amides is 1. The van der Waals surface area contributed by atoms with Gasteiger partial charge in [0.25, 0.3) is 0 Å². The first-order valence-electron chi connectivity index (χ1n) is 5.32. The van der Waals surface area contributed by atoms with Gasteiger partial charge in [-0.25, -0.2) is 9.97 Å². The van der Waals surface area contributed by atoms with Crippen LogP contribution in [0.5, 0.6) is 5.75 Å².